The maximum atomic E-state index is 12.0. The quantitative estimate of drug-likeness (QED) is 0.222. The summed E-state index contributed by atoms with van der Waals surface area (Å²) in [4.78, 5) is 25.2. The Balaban J connectivity index is 2.04. The monoisotopic (exact) mass is 436 g/mol. The van der Waals surface area contributed by atoms with Crippen LogP contribution in [0.25, 0.3) is 0 Å². The fourth-order valence-electron chi connectivity index (χ4n) is 3.67. The molecule has 0 radical (unpaired) electrons. The van der Waals surface area contributed by atoms with Gasteiger partial charge in [-0.25, -0.2) is 0 Å². The van der Waals surface area contributed by atoms with Crippen molar-refractivity contribution in [2.75, 3.05) is 20.3 Å². The number of amides is 1. The normalized spacial score (nSPS) is 14.4. The molecule has 0 unspecified atom stereocenters. The minimum Gasteiger partial charge on any atom is -0.463 e. The second kappa shape index (κ2) is 17.8. The number of carbonyl (C=O) groups excluding carboxylic acids is 2. The third kappa shape index (κ3) is 14.0. The highest BCUT2D eigenvalue weighted by Gasteiger charge is 2.14. The van der Waals surface area contributed by atoms with Crippen LogP contribution < -0.4 is 5.73 Å². The molecule has 0 spiro atoms. The number of ether oxygens (including phenoxy) is 2. The Hall–Kier alpha value is -1.82. The SMILES string of the molecule is CCCCCCCCCCCCCC(=O)OC[C@H](CCN1C=CCC(C(N)=O)=C1)OC. The number of hydrogen-bond acceptors (Lipinski definition) is 5. The Labute approximate surface area is 189 Å². The smallest absolute Gasteiger partial charge is 0.305 e. The summed E-state index contributed by atoms with van der Waals surface area (Å²) in [5.74, 6) is -0.541. The van der Waals surface area contributed by atoms with Crippen LogP contribution in [0.5, 0.6) is 0 Å². The first-order valence-corrected chi connectivity index (χ1v) is 12.2. The number of hydrogen-bond donors (Lipinski definition) is 1. The maximum absolute atomic E-state index is 12.0. The van der Waals surface area contributed by atoms with Crippen molar-refractivity contribution in [3.8, 4) is 0 Å². The van der Waals surface area contributed by atoms with Gasteiger partial charge in [-0.05, 0) is 25.5 Å². The fourth-order valence-corrected chi connectivity index (χ4v) is 3.67. The van der Waals surface area contributed by atoms with E-state index in [0.717, 1.165) is 12.8 Å². The molecule has 0 saturated carbocycles. The summed E-state index contributed by atoms with van der Waals surface area (Å²) in [5, 5.41) is 0. The van der Waals surface area contributed by atoms with E-state index >= 15 is 0 Å². The number of nitrogens with zero attached hydrogens (tertiary/aromatic N) is 1. The first kappa shape index (κ1) is 27.2. The molecule has 2 N–H and O–H groups in total. The number of methoxy groups -OCH3 is 1. The Morgan fingerprint density at radius 3 is 2.23 bits per heavy atom. The van der Waals surface area contributed by atoms with Gasteiger partial charge in [0.2, 0.25) is 5.91 Å². The van der Waals surface area contributed by atoms with Gasteiger partial charge < -0.3 is 20.1 Å². The van der Waals surface area contributed by atoms with Crippen LogP contribution in [0.15, 0.2) is 24.0 Å². The van der Waals surface area contributed by atoms with E-state index in [0.29, 0.717) is 31.4 Å². The molecule has 0 saturated heterocycles. The van der Waals surface area contributed by atoms with Crippen molar-refractivity contribution in [3.05, 3.63) is 24.0 Å². The van der Waals surface area contributed by atoms with Gasteiger partial charge in [0, 0.05) is 31.8 Å². The van der Waals surface area contributed by atoms with Gasteiger partial charge in [-0.3, -0.25) is 9.59 Å². The standard InChI is InChI=1S/C25H44N2O4/c1-3-4-5-6-7-8-9-10-11-12-13-16-24(28)31-21-23(30-2)17-19-27-18-14-15-22(20-27)25(26)29/h14,18,20,23H,3-13,15-17,19,21H2,1-2H3,(H2,26,29)/t23-/m0/s1. The molecule has 0 aromatic carbocycles. The average Bonchev–Trinajstić information content (AvgIpc) is 2.77. The minimum atomic E-state index is -0.394. The molecular formula is C25H44N2O4. The maximum Gasteiger partial charge on any atom is 0.305 e. The summed E-state index contributed by atoms with van der Waals surface area (Å²) in [7, 11) is 1.62. The van der Waals surface area contributed by atoms with E-state index in [9.17, 15) is 9.59 Å². The molecule has 1 aliphatic heterocycles. The number of unbranched alkanes of at least 4 members (excludes halogenated alkanes) is 10. The zero-order valence-electron chi connectivity index (χ0n) is 19.8. The molecule has 0 aliphatic carbocycles. The zero-order valence-corrected chi connectivity index (χ0v) is 19.8. The highest BCUT2D eigenvalue weighted by Crippen LogP contribution is 2.14. The van der Waals surface area contributed by atoms with E-state index in [1.165, 1.54) is 57.8 Å². The Bertz CT molecular complexity index is 560. The molecule has 1 heterocycles. The number of rotatable bonds is 19. The van der Waals surface area contributed by atoms with Crippen molar-refractivity contribution in [2.45, 2.75) is 103 Å². The predicted molar refractivity (Wildman–Crippen MR) is 125 cm³/mol. The van der Waals surface area contributed by atoms with Gasteiger partial charge in [-0.1, -0.05) is 77.2 Å². The van der Waals surface area contributed by atoms with E-state index in [4.69, 9.17) is 15.2 Å². The number of allylic oxidation sites excluding steroid dienone is 1. The molecule has 0 bridgehead atoms. The van der Waals surface area contributed by atoms with Crippen molar-refractivity contribution in [1.29, 1.82) is 0 Å². The van der Waals surface area contributed by atoms with Crippen molar-refractivity contribution >= 4 is 11.9 Å². The first-order chi connectivity index (χ1) is 15.1. The van der Waals surface area contributed by atoms with Gasteiger partial charge in [-0.2, -0.15) is 0 Å². The summed E-state index contributed by atoms with van der Waals surface area (Å²) in [6, 6.07) is 0. The van der Waals surface area contributed by atoms with Crippen LogP contribution in [0.1, 0.15) is 96.8 Å². The van der Waals surface area contributed by atoms with Crippen LogP contribution in [0.2, 0.25) is 0 Å². The van der Waals surface area contributed by atoms with Crippen LogP contribution in [0.3, 0.4) is 0 Å². The number of esters is 1. The van der Waals surface area contributed by atoms with Gasteiger partial charge >= 0.3 is 5.97 Å². The number of primary amides is 1. The van der Waals surface area contributed by atoms with Gasteiger partial charge in [0.05, 0.1) is 6.10 Å². The van der Waals surface area contributed by atoms with E-state index in [2.05, 4.69) is 6.92 Å². The van der Waals surface area contributed by atoms with Crippen LogP contribution in [0.4, 0.5) is 0 Å². The van der Waals surface area contributed by atoms with Crippen LogP contribution in [-0.2, 0) is 19.1 Å². The lowest BCUT2D eigenvalue weighted by Crippen LogP contribution is -2.27. The Morgan fingerprint density at radius 2 is 1.65 bits per heavy atom. The highest BCUT2D eigenvalue weighted by atomic mass is 16.6. The van der Waals surface area contributed by atoms with Gasteiger partial charge in [0.1, 0.15) is 6.61 Å². The summed E-state index contributed by atoms with van der Waals surface area (Å²) in [6.45, 7) is 3.18. The topological polar surface area (TPSA) is 81.9 Å². The van der Waals surface area contributed by atoms with Crippen molar-refractivity contribution in [3.63, 3.8) is 0 Å². The summed E-state index contributed by atoms with van der Waals surface area (Å²) < 4.78 is 10.8. The van der Waals surface area contributed by atoms with Crippen LogP contribution in [-0.4, -0.2) is 43.1 Å². The van der Waals surface area contributed by atoms with Crippen molar-refractivity contribution < 1.29 is 19.1 Å². The van der Waals surface area contributed by atoms with E-state index in [-0.39, 0.29) is 18.7 Å². The van der Waals surface area contributed by atoms with Crippen LogP contribution >= 0.6 is 0 Å². The van der Waals surface area contributed by atoms with Crippen LogP contribution in [0, 0.1) is 0 Å². The molecule has 0 fully saturated rings. The molecule has 31 heavy (non-hydrogen) atoms. The molecular weight excluding hydrogens is 392 g/mol. The van der Waals surface area contributed by atoms with Gasteiger partial charge in [-0.15, -0.1) is 0 Å². The minimum absolute atomic E-state index is 0.147. The molecule has 0 aromatic rings. The fraction of sp³-hybridized carbons (Fsp3) is 0.760. The number of carbonyl (C=O) groups is 2. The number of nitrogens with two attached hydrogens (primary N) is 1. The molecule has 0 aromatic heterocycles. The second-order valence-electron chi connectivity index (χ2n) is 8.46. The molecule has 1 aliphatic rings. The Kier molecular flexibility index (Phi) is 15.6. The lowest BCUT2D eigenvalue weighted by molar-refractivity contribution is -0.147. The average molecular weight is 437 g/mol. The Morgan fingerprint density at radius 1 is 1.03 bits per heavy atom. The highest BCUT2D eigenvalue weighted by molar-refractivity contribution is 5.92. The predicted octanol–water partition coefficient (Wildman–Crippen LogP) is 5.22. The molecule has 6 nitrogen and oxygen atoms in total. The first-order valence-electron chi connectivity index (χ1n) is 12.2. The second-order valence-corrected chi connectivity index (χ2v) is 8.46. The lowest BCUT2D eigenvalue weighted by Gasteiger charge is -2.23. The molecule has 6 heteroatoms. The van der Waals surface area contributed by atoms with Crippen molar-refractivity contribution in [2.24, 2.45) is 5.73 Å². The summed E-state index contributed by atoms with van der Waals surface area (Å²) in [6.07, 6.45) is 21.1. The third-order valence-electron chi connectivity index (χ3n) is 5.73. The molecule has 178 valence electrons. The van der Waals surface area contributed by atoms with Gasteiger partial charge in [0.25, 0.3) is 0 Å². The summed E-state index contributed by atoms with van der Waals surface area (Å²) in [5.41, 5.74) is 5.94. The third-order valence-corrected chi connectivity index (χ3v) is 5.73. The molecule has 1 amide bonds. The molecule has 1 rings (SSSR count). The largest absolute Gasteiger partial charge is 0.463 e. The van der Waals surface area contributed by atoms with Gasteiger partial charge in [0.15, 0.2) is 0 Å². The van der Waals surface area contributed by atoms with E-state index in [1.807, 2.05) is 17.2 Å². The summed E-state index contributed by atoms with van der Waals surface area (Å²) >= 11 is 0. The van der Waals surface area contributed by atoms with E-state index in [1.54, 1.807) is 13.3 Å². The molecule has 1 atom stereocenters. The zero-order chi connectivity index (χ0) is 22.7. The lowest BCUT2D eigenvalue weighted by atomic mass is 10.1. The van der Waals surface area contributed by atoms with Crippen molar-refractivity contribution in [1.82, 2.24) is 4.90 Å². The van der Waals surface area contributed by atoms with E-state index < -0.39 is 5.91 Å².